The normalized spacial score (nSPS) is 12.8. The lowest BCUT2D eigenvalue weighted by Crippen LogP contribution is -2.41. The summed E-state index contributed by atoms with van der Waals surface area (Å²) in [5, 5.41) is 0. The van der Waals surface area contributed by atoms with E-state index >= 15 is 0 Å². The Morgan fingerprint density at radius 3 is 2.26 bits per heavy atom. The van der Waals surface area contributed by atoms with Crippen LogP contribution in [0.2, 0.25) is 0 Å². The van der Waals surface area contributed by atoms with Gasteiger partial charge in [-0.1, -0.05) is 13.8 Å². The second-order valence-electron chi connectivity index (χ2n) is 6.00. The lowest BCUT2D eigenvalue weighted by atomic mass is 10.1. The fourth-order valence-electron chi connectivity index (χ4n) is 2.92. The Hall–Kier alpha value is -3.15. The zero-order valence-corrected chi connectivity index (χ0v) is 15.8. The first-order valence-corrected chi connectivity index (χ1v) is 9.12. The average Bonchev–Trinajstić information content (AvgIpc) is 3.11. The Kier molecular flexibility index (Phi) is 5.54. The van der Waals surface area contributed by atoms with Gasteiger partial charge in [-0.2, -0.15) is 0 Å². The van der Waals surface area contributed by atoms with Crippen LogP contribution in [-0.4, -0.2) is 46.5 Å². The van der Waals surface area contributed by atoms with Gasteiger partial charge in [0.2, 0.25) is 0 Å². The van der Waals surface area contributed by atoms with Gasteiger partial charge in [-0.3, -0.25) is 9.36 Å². The molecule has 0 N–H and O–H groups in total. The summed E-state index contributed by atoms with van der Waals surface area (Å²) in [5.74, 6) is -0.314. The van der Waals surface area contributed by atoms with Gasteiger partial charge < -0.3 is 9.64 Å². The molecule has 1 aliphatic heterocycles. The van der Waals surface area contributed by atoms with Crippen LogP contribution in [0.15, 0.2) is 48.8 Å². The van der Waals surface area contributed by atoms with Crippen LogP contribution in [0.5, 0.6) is 0 Å². The second-order valence-corrected chi connectivity index (χ2v) is 6.00. The summed E-state index contributed by atoms with van der Waals surface area (Å²) in [5.41, 5.74) is 3.70. The van der Waals surface area contributed by atoms with E-state index in [0.29, 0.717) is 11.1 Å². The van der Waals surface area contributed by atoms with Crippen molar-refractivity contribution in [2.24, 2.45) is 0 Å². The number of hydrogen-bond acceptors (Lipinski definition) is 4. The molecule has 6 nitrogen and oxygen atoms in total. The molecule has 3 aromatic rings. The predicted octanol–water partition coefficient (Wildman–Crippen LogP) is 3.68. The van der Waals surface area contributed by atoms with Crippen molar-refractivity contribution in [3.63, 3.8) is 0 Å². The minimum atomic E-state index is -0.371. The number of fused-ring (bicyclic) bond motifs is 1. The van der Waals surface area contributed by atoms with Crippen molar-refractivity contribution in [2.45, 2.75) is 20.3 Å². The summed E-state index contributed by atoms with van der Waals surface area (Å²) in [6.07, 6.45) is 2.79. The molecule has 1 aliphatic rings. The van der Waals surface area contributed by atoms with E-state index < -0.39 is 0 Å². The number of aromatic nitrogens is 2. The molecule has 140 valence electrons. The molecule has 6 heteroatoms. The highest BCUT2D eigenvalue weighted by molar-refractivity contribution is 5.98. The SMILES string of the molecule is CC.COC(=O)c1ccc(-n2cnc3ccc(C(=O)N4CCC4)cc32)cc1. The monoisotopic (exact) mass is 365 g/mol. The zero-order chi connectivity index (χ0) is 19.4. The molecule has 0 spiro atoms. The maximum atomic E-state index is 12.4. The molecule has 1 amide bonds. The standard InChI is InChI=1S/C19H17N3O3.C2H6/c1-25-19(24)13-3-6-15(7-4-13)22-12-20-16-8-5-14(11-17(16)22)18(23)21-9-2-10-21;1-2/h3-8,11-12H,2,9-10H2,1H3;1-2H3. The van der Waals surface area contributed by atoms with Crippen LogP contribution < -0.4 is 0 Å². The van der Waals surface area contributed by atoms with Gasteiger partial charge in [0.1, 0.15) is 6.33 Å². The van der Waals surface area contributed by atoms with Gasteiger partial charge in [0.15, 0.2) is 0 Å². The number of esters is 1. The highest BCUT2D eigenvalue weighted by atomic mass is 16.5. The molecule has 0 atom stereocenters. The number of benzene rings is 2. The Bertz CT molecular complexity index is 956. The van der Waals surface area contributed by atoms with E-state index in [1.807, 2.05) is 53.6 Å². The third-order valence-electron chi connectivity index (χ3n) is 4.50. The maximum absolute atomic E-state index is 12.4. The van der Waals surface area contributed by atoms with E-state index in [1.165, 1.54) is 7.11 Å². The number of ether oxygens (including phenoxy) is 1. The van der Waals surface area contributed by atoms with Crippen molar-refractivity contribution in [3.8, 4) is 5.69 Å². The van der Waals surface area contributed by atoms with E-state index in [9.17, 15) is 9.59 Å². The van der Waals surface area contributed by atoms with Gasteiger partial charge in [-0.25, -0.2) is 9.78 Å². The number of methoxy groups -OCH3 is 1. The van der Waals surface area contributed by atoms with Crippen molar-refractivity contribution in [1.82, 2.24) is 14.5 Å². The molecule has 0 saturated carbocycles. The van der Waals surface area contributed by atoms with Crippen LogP contribution in [0.25, 0.3) is 16.7 Å². The van der Waals surface area contributed by atoms with Crippen molar-refractivity contribution in [2.75, 3.05) is 20.2 Å². The molecule has 27 heavy (non-hydrogen) atoms. The minimum Gasteiger partial charge on any atom is -0.465 e. The lowest BCUT2D eigenvalue weighted by molar-refractivity contribution is 0.0599. The second kappa shape index (κ2) is 8.03. The Morgan fingerprint density at radius 2 is 1.67 bits per heavy atom. The first-order chi connectivity index (χ1) is 13.2. The summed E-state index contributed by atoms with van der Waals surface area (Å²) in [7, 11) is 1.36. The molecular formula is C21H23N3O3. The van der Waals surface area contributed by atoms with Crippen LogP contribution in [0, 0.1) is 0 Å². The number of carbonyl (C=O) groups is 2. The molecule has 1 aromatic heterocycles. The molecule has 1 saturated heterocycles. The quantitative estimate of drug-likeness (QED) is 0.664. The van der Waals surface area contributed by atoms with E-state index in [1.54, 1.807) is 18.5 Å². The molecule has 2 heterocycles. The largest absolute Gasteiger partial charge is 0.465 e. The predicted molar refractivity (Wildman–Crippen MR) is 104 cm³/mol. The first-order valence-electron chi connectivity index (χ1n) is 9.12. The smallest absolute Gasteiger partial charge is 0.337 e. The fraction of sp³-hybridized carbons (Fsp3) is 0.286. The maximum Gasteiger partial charge on any atom is 0.337 e. The summed E-state index contributed by atoms with van der Waals surface area (Å²) in [6, 6.07) is 12.6. The van der Waals surface area contributed by atoms with E-state index in [2.05, 4.69) is 4.98 Å². The van der Waals surface area contributed by atoms with Crippen LogP contribution in [0.4, 0.5) is 0 Å². The Labute approximate surface area is 158 Å². The van der Waals surface area contributed by atoms with E-state index in [4.69, 9.17) is 4.74 Å². The summed E-state index contributed by atoms with van der Waals surface area (Å²) >= 11 is 0. The van der Waals surface area contributed by atoms with Gasteiger partial charge in [0.05, 0.1) is 23.7 Å². The van der Waals surface area contributed by atoms with Gasteiger partial charge in [0, 0.05) is 24.3 Å². The van der Waals surface area contributed by atoms with Gasteiger partial charge in [-0.05, 0) is 48.9 Å². The molecule has 0 unspecified atom stereocenters. The number of amides is 1. The molecular weight excluding hydrogens is 342 g/mol. The van der Waals surface area contributed by atoms with Crippen molar-refractivity contribution in [3.05, 3.63) is 59.9 Å². The minimum absolute atomic E-state index is 0.0574. The van der Waals surface area contributed by atoms with Crippen LogP contribution >= 0.6 is 0 Å². The number of hydrogen-bond donors (Lipinski definition) is 0. The van der Waals surface area contributed by atoms with Crippen LogP contribution in [-0.2, 0) is 4.74 Å². The Balaban J connectivity index is 0.00000102. The summed E-state index contributed by atoms with van der Waals surface area (Å²) in [4.78, 5) is 30.2. The average molecular weight is 365 g/mol. The van der Waals surface area contributed by atoms with E-state index in [-0.39, 0.29) is 11.9 Å². The third kappa shape index (κ3) is 3.56. The molecule has 0 radical (unpaired) electrons. The van der Waals surface area contributed by atoms with Crippen LogP contribution in [0.3, 0.4) is 0 Å². The number of imidazole rings is 1. The van der Waals surface area contributed by atoms with Gasteiger partial charge in [-0.15, -0.1) is 0 Å². The summed E-state index contributed by atoms with van der Waals surface area (Å²) < 4.78 is 6.62. The number of rotatable bonds is 3. The molecule has 2 aromatic carbocycles. The molecule has 0 bridgehead atoms. The lowest BCUT2D eigenvalue weighted by Gasteiger charge is -2.30. The summed E-state index contributed by atoms with van der Waals surface area (Å²) in [6.45, 7) is 5.65. The number of carbonyl (C=O) groups excluding carboxylic acids is 2. The number of nitrogens with zero attached hydrogens (tertiary/aromatic N) is 3. The van der Waals surface area contributed by atoms with Crippen molar-refractivity contribution < 1.29 is 14.3 Å². The Morgan fingerprint density at radius 1 is 1.00 bits per heavy atom. The molecule has 0 aliphatic carbocycles. The zero-order valence-electron chi connectivity index (χ0n) is 15.8. The highest BCUT2D eigenvalue weighted by Gasteiger charge is 2.22. The van der Waals surface area contributed by atoms with Crippen molar-refractivity contribution >= 4 is 22.9 Å². The van der Waals surface area contributed by atoms with Gasteiger partial charge >= 0.3 is 5.97 Å². The highest BCUT2D eigenvalue weighted by Crippen LogP contribution is 2.22. The number of likely N-dealkylation sites (tertiary alicyclic amines) is 1. The van der Waals surface area contributed by atoms with Crippen LogP contribution in [0.1, 0.15) is 41.0 Å². The van der Waals surface area contributed by atoms with Gasteiger partial charge in [0.25, 0.3) is 5.91 Å². The van der Waals surface area contributed by atoms with Crippen molar-refractivity contribution in [1.29, 1.82) is 0 Å². The topological polar surface area (TPSA) is 64.4 Å². The molecule has 1 fully saturated rings. The first kappa shape index (κ1) is 18.6. The third-order valence-corrected chi connectivity index (χ3v) is 4.50. The van der Waals surface area contributed by atoms with E-state index in [0.717, 1.165) is 36.2 Å². The fourth-order valence-corrected chi connectivity index (χ4v) is 2.92. The molecule has 4 rings (SSSR count).